The Kier molecular flexibility index (Phi) is 5.77. The summed E-state index contributed by atoms with van der Waals surface area (Å²) in [5.41, 5.74) is 2.08. The lowest BCUT2D eigenvalue weighted by Gasteiger charge is -2.46. The zero-order valence-corrected chi connectivity index (χ0v) is 16.1. The van der Waals surface area contributed by atoms with Crippen molar-refractivity contribution in [2.75, 3.05) is 50.8 Å². The van der Waals surface area contributed by atoms with Crippen LogP contribution in [0, 0.1) is 16.0 Å². The molecule has 0 bridgehead atoms. The number of hydrogen-bond donors (Lipinski definition) is 1. The van der Waals surface area contributed by atoms with Gasteiger partial charge < -0.3 is 15.0 Å². The molecule has 0 saturated carbocycles. The van der Waals surface area contributed by atoms with Crippen molar-refractivity contribution in [2.24, 2.45) is 5.92 Å². The molecule has 0 aromatic heterocycles. The van der Waals surface area contributed by atoms with Crippen LogP contribution in [0.15, 0.2) is 18.2 Å². The fourth-order valence-corrected chi connectivity index (χ4v) is 4.74. The van der Waals surface area contributed by atoms with Crippen molar-refractivity contribution in [1.82, 2.24) is 10.2 Å². The van der Waals surface area contributed by atoms with Crippen LogP contribution in [0.2, 0.25) is 0 Å². The molecule has 1 amide bonds. The van der Waals surface area contributed by atoms with Crippen LogP contribution < -0.4 is 10.2 Å². The van der Waals surface area contributed by atoms with Crippen molar-refractivity contribution in [3.8, 4) is 0 Å². The molecular formula is C20H28N4O4. The van der Waals surface area contributed by atoms with Crippen molar-refractivity contribution < 1.29 is 14.5 Å². The predicted molar refractivity (Wildman–Crippen MR) is 106 cm³/mol. The van der Waals surface area contributed by atoms with Crippen LogP contribution in [0.4, 0.5) is 11.4 Å². The van der Waals surface area contributed by atoms with Gasteiger partial charge in [0.2, 0.25) is 5.91 Å². The lowest BCUT2D eigenvalue weighted by Crippen LogP contribution is -2.53. The van der Waals surface area contributed by atoms with E-state index in [0.29, 0.717) is 13.0 Å². The topological polar surface area (TPSA) is 88.0 Å². The van der Waals surface area contributed by atoms with Gasteiger partial charge in [0.15, 0.2) is 0 Å². The number of nitrogens with zero attached hydrogens (tertiary/aromatic N) is 3. The van der Waals surface area contributed by atoms with E-state index in [1.54, 1.807) is 12.1 Å². The number of carbonyl (C=O) groups excluding carboxylic acids is 1. The lowest BCUT2D eigenvalue weighted by molar-refractivity contribution is -0.384. The number of non-ortho nitro benzene ring substituents is 1. The third-order valence-electron chi connectivity index (χ3n) is 6.20. The van der Waals surface area contributed by atoms with Gasteiger partial charge in [0.25, 0.3) is 5.69 Å². The predicted octanol–water partition coefficient (Wildman–Crippen LogP) is 1.57. The molecule has 28 heavy (non-hydrogen) atoms. The van der Waals surface area contributed by atoms with Crippen LogP contribution in [0.5, 0.6) is 0 Å². The fourth-order valence-electron chi connectivity index (χ4n) is 4.74. The second-order valence-electron chi connectivity index (χ2n) is 7.88. The summed E-state index contributed by atoms with van der Waals surface area (Å²) < 4.78 is 5.36. The highest BCUT2D eigenvalue weighted by atomic mass is 16.6. The van der Waals surface area contributed by atoms with Gasteiger partial charge in [-0.2, -0.15) is 0 Å². The molecule has 8 heteroatoms. The van der Waals surface area contributed by atoms with Gasteiger partial charge in [0.1, 0.15) is 0 Å². The number of amides is 1. The highest BCUT2D eigenvalue weighted by Gasteiger charge is 2.39. The number of piperidine rings is 1. The average molecular weight is 388 g/mol. The van der Waals surface area contributed by atoms with E-state index in [4.69, 9.17) is 4.74 Å². The molecule has 1 aromatic carbocycles. The highest BCUT2D eigenvalue weighted by molar-refractivity contribution is 5.82. The second kappa shape index (κ2) is 8.45. The van der Waals surface area contributed by atoms with Crippen molar-refractivity contribution in [3.05, 3.63) is 33.9 Å². The number of benzene rings is 1. The van der Waals surface area contributed by atoms with Crippen molar-refractivity contribution >= 4 is 17.3 Å². The molecule has 4 rings (SSSR count). The number of morpholine rings is 1. The third kappa shape index (κ3) is 3.98. The summed E-state index contributed by atoms with van der Waals surface area (Å²) in [4.78, 5) is 28.4. The minimum Gasteiger partial charge on any atom is -0.379 e. The van der Waals surface area contributed by atoms with Gasteiger partial charge in [-0.25, -0.2) is 0 Å². The van der Waals surface area contributed by atoms with Crippen molar-refractivity contribution in [3.63, 3.8) is 0 Å². The molecule has 2 saturated heterocycles. The van der Waals surface area contributed by atoms with Crippen molar-refractivity contribution in [1.29, 1.82) is 0 Å². The van der Waals surface area contributed by atoms with Gasteiger partial charge in [-0.1, -0.05) is 0 Å². The largest absolute Gasteiger partial charge is 0.379 e. The highest BCUT2D eigenvalue weighted by Crippen LogP contribution is 2.39. The van der Waals surface area contributed by atoms with Gasteiger partial charge >= 0.3 is 0 Å². The summed E-state index contributed by atoms with van der Waals surface area (Å²) in [6.07, 6.45) is 3.79. The quantitative estimate of drug-likeness (QED) is 0.609. The standard InChI is InChI=1S/C20H28N4O4/c25-20(21-6-8-22-9-11-28-12-10-22)17-14-15-13-16(24(26)27)4-5-18(15)23-7-2-1-3-19(17)23/h4-5,13,17,19H,1-3,6-12,14H2,(H,21,25). The van der Waals surface area contributed by atoms with E-state index in [0.717, 1.165) is 69.9 Å². The van der Waals surface area contributed by atoms with E-state index in [9.17, 15) is 14.9 Å². The van der Waals surface area contributed by atoms with Crippen LogP contribution in [-0.4, -0.2) is 67.7 Å². The maximum atomic E-state index is 13.0. The molecule has 2 unspecified atom stereocenters. The lowest BCUT2D eigenvalue weighted by atomic mass is 9.80. The molecule has 3 heterocycles. The van der Waals surface area contributed by atoms with Gasteiger partial charge in [-0.3, -0.25) is 19.8 Å². The Morgan fingerprint density at radius 2 is 2.07 bits per heavy atom. The number of anilines is 1. The molecule has 0 radical (unpaired) electrons. The number of nitro benzene ring substituents is 1. The second-order valence-corrected chi connectivity index (χ2v) is 7.88. The molecule has 0 spiro atoms. The SMILES string of the molecule is O=C(NCCN1CCOCC1)C1Cc2cc([N+](=O)[O-])ccc2N2CCCCC12. The van der Waals surface area contributed by atoms with E-state index in [-0.39, 0.29) is 28.5 Å². The molecule has 2 fully saturated rings. The summed E-state index contributed by atoms with van der Waals surface area (Å²) in [7, 11) is 0. The number of hydrogen-bond acceptors (Lipinski definition) is 6. The monoisotopic (exact) mass is 388 g/mol. The Morgan fingerprint density at radius 1 is 1.25 bits per heavy atom. The molecule has 3 aliphatic rings. The number of nitrogens with one attached hydrogen (secondary N) is 1. The molecule has 2 atom stereocenters. The van der Waals surface area contributed by atoms with Crippen LogP contribution >= 0.6 is 0 Å². The maximum Gasteiger partial charge on any atom is 0.269 e. The maximum absolute atomic E-state index is 13.0. The van der Waals surface area contributed by atoms with Gasteiger partial charge in [0, 0.05) is 56.6 Å². The molecule has 152 valence electrons. The van der Waals surface area contributed by atoms with Crippen LogP contribution in [0.1, 0.15) is 24.8 Å². The Bertz CT molecular complexity index is 735. The van der Waals surface area contributed by atoms with E-state index in [1.807, 2.05) is 6.07 Å². The summed E-state index contributed by atoms with van der Waals surface area (Å²) >= 11 is 0. The van der Waals surface area contributed by atoms with Gasteiger partial charge in [-0.05, 0) is 37.3 Å². The number of ether oxygens (including phenoxy) is 1. The molecule has 3 aliphatic heterocycles. The molecule has 0 aliphatic carbocycles. The van der Waals surface area contributed by atoms with Crippen LogP contribution in [0.3, 0.4) is 0 Å². The van der Waals surface area contributed by atoms with E-state index < -0.39 is 0 Å². The van der Waals surface area contributed by atoms with E-state index >= 15 is 0 Å². The average Bonchev–Trinajstić information content (AvgIpc) is 2.73. The first kappa shape index (κ1) is 19.1. The Hall–Kier alpha value is -2.19. The minimum absolute atomic E-state index is 0.0716. The molecule has 1 N–H and O–H groups in total. The normalized spacial score (nSPS) is 24.9. The zero-order valence-electron chi connectivity index (χ0n) is 16.1. The summed E-state index contributed by atoms with van der Waals surface area (Å²) in [5, 5.41) is 14.3. The fraction of sp³-hybridized carbons (Fsp3) is 0.650. The Balaban J connectivity index is 1.45. The molecule has 1 aromatic rings. The number of carbonyl (C=O) groups is 1. The first-order valence-corrected chi connectivity index (χ1v) is 10.3. The summed E-state index contributed by atoms with van der Waals surface area (Å²) in [6.45, 7) is 5.70. The first-order valence-electron chi connectivity index (χ1n) is 10.3. The number of fused-ring (bicyclic) bond motifs is 3. The summed E-state index contributed by atoms with van der Waals surface area (Å²) in [6, 6.07) is 5.27. The number of nitro groups is 1. The van der Waals surface area contributed by atoms with Crippen LogP contribution in [-0.2, 0) is 16.0 Å². The van der Waals surface area contributed by atoms with E-state index in [2.05, 4.69) is 15.1 Å². The van der Waals surface area contributed by atoms with Gasteiger partial charge in [0.05, 0.1) is 24.1 Å². The smallest absolute Gasteiger partial charge is 0.269 e. The minimum atomic E-state index is -0.361. The van der Waals surface area contributed by atoms with Crippen molar-refractivity contribution in [2.45, 2.75) is 31.7 Å². The summed E-state index contributed by atoms with van der Waals surface area (Å²) in [5.74, 6) is -0.0817. The third-order valence-corrected chi connectivity index (χ3v) is 6.20. The van der Waals surface area contributed by atoms with Gasteiger partial charge in [-0.15, -0.1) is 0 Å². The molecular weight excluding hydrogens is 360 g/mol. The number of rotatable bonds is 5. The Morgan fingerprint density at radius 3 is 2.86 bits per heavy atom. The molecule has 8 nitrogen and oxygen atoms in total. The van der Waals surface area contributed by atoms with Crippen LogP contribution in [0.25, 0.3) is 0 Å². The van der Waals surface area contributed by atoms with E-state index in [1.165, 1.54) is 0 Å². The Labute approximate surface area is 165 Å². The first-order chi connectivity index (χ1) is 13.6. The zero-order chi connectivity index (χ0) is 19.5.